The maximum atomic E-state index is 13.3. The van der Waals surface area contributed by atoms with Gasteiger partial charge in [0.2, 0.25) is 0 Å². The first-order valence-corrected chi connectivity index (χ1v) is 8.30. The van der Waals surface area contributed by atoms with E-state index in [-0.39, 0.29) is 12.5 Å². The standard InChI is InChI=1S/C19H17FN4O2/c1-13-9-14(20)11-21-18(13)23-7-8-24-17(19(23)25)10-15(22-24)12-26-16-5-3-2-4-6-16/h2-6,9-11H,7-8,12H2,1H3. The number of benzene rings is 1. The predicted molar refractivity (Wildman–Crippen MR) is 93.6 cm³/mol. The molecule has 4 rings (SSSR count). The number of carbonyl (C=O) groups is 1. The number of halogens is 1. The Morgan fingerprint density at radius 1 is 1.19 bits per heavy atom. The molecular weight excluding hydrogens is 335 g/mol. The summed E-state index contributed by atoms with van der Waals surface area (Å²) in [5, 5.41) is 4.44. The van der Waals surface area contributed by atoms with Crippen LogP contribution in [0.5, 0.6) is 5.75 Å². The molecule has 0 unspecified atom stereocenters. The van der Waals surface area contributed by atoms with E-state index in [4.69, 9.17) is 4.74 Å². The van der Waals surface area contributed by atoms with Crippen molar-refractivity contribution in [2.75, 3.05) is 11.4 Å². The Hall–Kier alpha value is -3.22. The molecule has 3 aromatic rings. The molecule has 6 nitrogen and oxygen atoms in total. The minimum Gasteiger partial charge on any atom is -0.487 e. The number of hydrogen-bond donors (Lipinski definition) is 0. The zero-order valence-corrected chi connectivity index (χ0v) is 14.2. The van der Waals surface area contributed by atoms with Gasteiger partial charge in [0.15, 0.2) is 0 Å². The van der Waals surface area contributed by atoms with Crippen LogP contribution in [0.25, 0.3) is 0 Å². The van der Waals surface area contributed by atoms with E-state index >= 15 is 0 Å². The first-order valence-electron chi connectivity index (χ1n) is 8.30. The van der Waals surface area contributed by atoms with E-state index in [1.165, 1.54) is 6.07 Å². The number of pyridine rings is 1. The van der Waals surface area contributed by atoms with Crippen LogP contribution >= 0.6 is 0 Å². The predicted octanol–water partition coefficient (Wildman–Crippen LogP) is 2.97. The lowest BCUT2D eigenvalue weighted by atomic mass is 10.2. The fourth-order valence-electron chi connectivity index (χ4n) is 3.01. The van der Waals surface area contributed by atoms with Gasteiger partial charge < -0.3 is 4.74 Å². The van der Waals surface area contributed by atoms with Crippen molar-refractivity contribution in [3.05, 3.63) is 71.4 Å². The van der Waals surface area contributed by atoms with Crippen LogP contribution in [0.4, 0.5) is 10.2 Å². The van der Waals surface area contributed by atoms with Gasteiger partial charge in [-0.1, -0.05) is 18.2 Å². The third-order valence-electron chi connectivity index (χ3n) is 4.23. The van der Waals surface area contributed by atoms with E-state index in [0.717, 1.165) is 11.9 Å². The van der Waals surface area contributed by atoms with Crippen LogP contribution in [0.2, 0.25) is 0 Å². The SMILES string of the molecule is Cc1cc(F)cnc1N1CCn2nc(COc3ccccc3)cc2C1=O. The third-order valence-corrected chi connectivity index (χ3v) is 4.23. The van der Waals surface area contributed by atoms with Gasteiger partial charge in [0.25, 0.3) is 5.91 Å². The van der Waals surface area contributed by atoms with Crippen LogP contribution in [0.1, 0.15) is 21.7 Å². The van der Waals surface area contributed by atoms with Crippen LogP contribution in [-0.2, 0) is 13.2 Å². The summed E-state index contributed by atoms with van der Waals surface area (Å²) in [7, 11) is 0. The molecule has 0 atom stereocenters. The van der Waals surface area contributed by atoms with Gasteiger partial charge in [0.1, 0.15) is 35.4 Å². The molecule has 0 spiro atoms. The van der Waals surface area contributed by atoms with Gasteiger partial charge in [-0.3, -0.25) is 14.4 Å². The minimum atomic E-state index is -0.416. The van der Waals surface area contributed by atoms with Crippen molar-refractivity contribution in [2.45, 2.75) is 20.1 Å². The van der Waals surface area contributed by atoms with Crippen LogP contribution in [-0.4, -0.2) is 27.2 Å². The number of ether oxygens (including phenoxy) is 1. The fourth-order valence-corrected chi connectivity index (χ4v) is 3.01. The molecule has 0 radical (unpaired) electrons. The van der Waals surface area contributed by atoms with Crippen molar-refractivity contribution in [3.8, 4) is 5.75 Å². The van der Waals surface area contributed by atoms with E-state index in [2.05, 4.69) is 10.1 Å². The zero-order chi connectivity index (χ0) is 18.1. The van der Waals surface area contributed by atoms with E-state index < -0.39 is 5.82 Å². The molecule has 1 aliphatic rings. The second-order valence-corrected chi connectivity index (χ2v) is 6.10. The Balaban J connectivity index is 1.54. The Kier molecular flexibility index (Phi) is 4.12. The summed E-state index contributed by atoms with van der Waals surface area (Å²) in [6, 6.07) is 12.6. The highest BCUT2D eigenvalue weighted by Gasteiger charge is 2.29. The lowest BCUT2D eigenvalue weighted by Crippen LogP contribution is -2.41. The number of carbonyl (C=O) groups excluding carboxylic acids is 1. The summed E-state index contributed by atoms with van der Waals surface area (Å²) < 4.78 is 20.7. The molecule has 1 aliphatic heterocycles. The van der Waals surface area contributed by atoms with Gasteiger partial charge in [-0.05, 0) is 36.8 Å². The Morgan fingerprint density at radius 2 is 2.00 bits per heavy atom. The van der Waals surface area contributed by atoms with E-state index in [9.17, 15) is 9.18 Å². The molecule has 2 aromatic heterocycles. The summed E-state index contributed by atoms with van der Waals surface area (Å²) in [4.78, 5) is 18.5. The van der Waals surface area contributed by atoms with Gasteiger partial charge in [-0.2, -0.15) is 5.10 Å². The lowest BCUT2D eigenvalue weighted by Gasteiger charge is -2.27. The van der Waals surface area contributed by atoms with Gasteiger partial charge >= 0.3 is 0 Å². The lowest BCUT2D eigenvalue weighted by molar-refractivity contribution is 0.0961. The highest BCUT2D eigenvalue weighted by molar-refractivity contribution is 6.05. The smallest absolute Gasteiger partial charge is 0.277 e. The summed E-state index contributed by atoms with van der Waals surface area (Å²) in [6.45, 7) is 3.01. The van der Waals surface area contributed by atoms with Crippen molar-refractivity contribution < 1.29 is 13.9 Å². The molecule has 132 valence electrons. The second kappa shape index (κ2) is 6.59. The molecule has 3 heterocycles. The van der Waals surface area contributed by atoms with Gasteiger partial charge in [0.05, 0.1) is 12.7 Å². The quantitative estimate of drug-likeness (QED) is 0.724. The average molecular weight is 352 g/mol. The number of aromatic nitrogens is 3. The molecule has 7 heteroatoms. The number of amides is 1. The van der Waals surface area contributed by atoms with Crippen LogP contribution in [0.3, 0.4) is 0 Å². The van der Waals surface area contributed by atoms with Crippen molar-refractivity contribution in [1.82, 2.24) is 14.8 Å². The molecule has 0 saturated carbocycles. The molecule has 1 amide bonds. The first kappa shape index (κ1) is 16.3. The largest absolute Gasteiger partial charge is 0.487 e. The number of para-hydroxylation sites is 1. The van der Waals surface area contributed by atoms with E-state index in [0.29, 0.717) is 35.9 Å². The van der Waals surface area contributed by atoms with Gasteiger partial charge in [-0.25, -0.2) is 9.37 Å². The number of fused-ring (bicyclic) bond motifs is 1. The summed E-state index contributed by atoms with van der Waals surface area (Å²) in [6.07, 6.45) is 1.13. The van der Waals surface area contributed by atoms with Crippen LogP contribution < -0.4 is 9.64 Å². The molecule has 0 fully saturated rings. The summed E-state index contributed by atoms with van der Waals surface area (Å²) in [5.41, 5.74) is 1.79. The molecule has 0 saturated heterocycles. The van der Waals surface area contributed by atoms with Gasteiger partial charge in [-0.15, -0.1) is 0 Å². The monoisotopic (exact) mass is 352 g/mol. The van der Waals surface area contributed by atoms with Crippen LogP contribution in [0.15, 0.2) is 48.7 Å². The zero-order valence-electron chi connectivity index (χ0n) is 14.2. The Morgan fingerprint density at radius 3 is 2.77 bits per heavy atom. The van der Waals surface area contributed by atoms with Crippen molar-refractivity contribution in [3.63, 3.8) is 0 Å². The first-order chi connectivity index (χ1) is 12.6. The topological polar surface area (TPSA) is 60.3 Å². The van der Waals surface area contributed by atoms with Crippen molar-refractivity contribution in [2.24, 2.45) is 0 Å². The fraction of sp³-hybridized carbons (Fsp3) is 0.211. The second-order valence-electron chi connectivity index (χ2n) is 6.10. The molecule has 0 bridgehead atoms. The maximum absolute atomic E-state index is 13.3. The molecule has 0 aliphatic carbocycles. The average Bonchev–Trinajstić information content (AvgIpc) is 3.06. The normalized spacial score (nSPS) is 13.6. The number of anilines is 1. The summed E-state index contributed by atoms with van der Waals surface area (Å²) in [5.74, 6) is 0.613. The number of hydrogen-bond acceptors (Lipinski definition) is 4. The van der Waals surface area contributed by atoms with Crippen molar-refractivity contribution in [1.29, 1.82) is 0 Å². The number of aryl methyl sites for hydroxylation is 1. The summed E-state index contributed by atoms with van der Waals surface area (Å²) >= 11 is 0. The molecule has 1 aromatic carbocycles. The minimum absolute atomic E-state index is 0.197. The molecule has 26 heavy (non-hydrogen) atoms. The van der Waals surface area contributed by atoms with E-state index in [1.54, 1.807) is 22.6 Å². The van der Waals surface area contributed by atoms with Crippen LogP contribution in [0, 0.1) is 12.7 Å². The number of nitrogens with zero attached hydrogens (tertiary/aromatic N) is 4. The Bertz CT molecular complexity index is 955. The van der Waals surface area contributed by atoms with Gasteiger partial charge in [0, 0.05) is 6.54 Å². The maximum Gasteiger partial charge on any atom is 0.277 e. The third kappa shape index (κ3) is 3.03. The van der Waals surface area contributed by atoms with E-state index in [1.807, 2.05) is 30.3 Å². The molecule has 0 N–H and O–H groups in total. The Labute approximate surface area is 149 Å². The molecular formula is C19H17FN4O2. The highest BCUT2D eigenvalue weighted by atomic mass is 19.1. The number of rotatable bonds is 4. The highest BCUT2D eigenvalue weighted by Crippen LogP contribution is 2.23. The van der Waals surface area contributed by atoms with Crippen molar-refractivity contribution >= 4 is 11.7 Å².